The molecule has 4 nitrogen and oxygen atoms in total. The van der Waals surface area contributed by atoms with E-state index in [0.29, 0.717) is 6.54 Å². The van der Waals surface area contributed by atoms with Crippen molar-refractivity contribution in [3.05, 3.63) is 6.33 Å². The summed E-state index contributed by atoms with van der Waals surface area (Å²) in [7, 11) is 0. The first kappa shape index (κ1) is 9.41. The minimum absolute atomic E-state index is 0.105. The van der Waals surface area contributed by atoms with Gasteiger partial charge in [-0.2, -0.15) is 4.37 Å². The number of hydrogen-bond acceptors (Lipinski definition) is 5. The van der Waals surface area contributed by atoms with Crippen LogP contribution < -0.4 is 5.32 Å². The Morgan fingerprint density at radius 3 is 2.92 bits per heavy atom. The van der Waals surface area contributed by atoms with Crippen LogP contribution in [0.3, 0.4) is 0 Å². The number of hydrogen-bond donors (Lipinski definition) is 2. The fourth-order valence-corrected chi connectivity index (χ4v) is 1.05. The summed E-state index contributed by atoms with van der Waals surface area (Å²) < 4.78 is 3.85. The van der Waals surface area contributed by atoms with Gasteiger partial charge in [0.1, 0.15) is 6.33 Å². The quantitative estimate of drug-likeness (QED) is 0.737. The molecule has 5 heteroatoms. The molecule has 1 heterocycles. The van der Waals surface area contributed by atoms with Crippen molar-refractivity contribution in [2.24, 2.45) is 5.41 Å². The van der Waals surface area contributed by atoms with Crippen LogP contribution in [0.4, 0.5) is 5.13 Å². The molecule has 0 aliphatic carbocycles. The van der Waals surface area contributed by atoms with Crippen molar-refractivity contribution < 1.29 is 5.11 Å². The summed E-state index contributed by atoms with van der Waals surface area (Å²) in [6, 6.07) is 0. The number of aliphatic hydroxyl groups excluding tert-OH is 1. The molecule has 0 aliphatic heterocycles. The first-order valence-corrected chi connectivity index (χ1v) is 4.53. The molecule has 0 amide bonds. The molecule has 0 bridgehead atoms. The van der Waals surface area contributed by atoms with Crippen molar-refractivity contribution >= 4 is 16.7 Å². The van der Waals surface area contributed by atoms with Crippen LogP contribution in [0.25, 0.3) is 0 Å². The van der Waals surface area contributed by atoms with E-state index in [1.807, 2.05) is 13.8 Å². The normalized spacial score (nSPS) is 11.6. The lowest BCUT2D eigenvalue weighted by Gasteiger charge is -2.21. The molecule has 68 valence electrons. The second-order valence-electron chi connectivity index (χ2n) is 3.42. The second-order valence-corrected chi connectivity index (χ2v) is 4.20. The van der Waals surface area contributed by atoms with Crippen LogP contribution in [-0.4, -0.2) is 27.6 Å². The van der Waals surface area contributed by atoms with E-state index in [0.717, 1.165) is 5.13 Å². The third-order valence-corrected chi connectivity index (χ3v) is 2.13. The van der Waals surface area contributed by atoms with Crippen LogP contribution in [0.1, 0.15) is 13.8 Å². The highest BCUT2D eigenvalue weighted by Gasteiger charge is 2.16. The predicted molar refractivity (Wildman–Crippen MR) is 49.3 cm³/mol. The smallest absolute Gasteiger partial charge is 0.202 e. The molecule has 1 rings (SSSR count). The van der Waals surface area contributed by atoms with Gasteiger partial charge >= 0.3 is 0 Å². The van der Waals surface area contributed by atoms with Gasteiger partial charge in [-0.1, -0.05) is 13.8 Å². The standard InChI is InChI=1S/C7H13N3OS/c1-7(2,4-11)3-8-6-9-5-10-12-6/h5,11H,3-4H2,1-2H3,(H,8,9,10). The van der Waals surface area contributed by atoms with Gasteiger partial charge in [0, 0.05) is 30.1 Å². The van der Waals surface area contributed by atoms with Gasteiger partial charge in [-0.15, -0.1) is 0 Å². The van der Waals surface area contributed by atoms with Gasteiger partial charge in [0.05, 0.1) is 0 Å². The Morgan fingerprint density at radius 1 is 1.67 bits per heavy atom. The number of aliphatic hydroxyl groups is 1. The molecule has 0 unspecified atom stereocenters. The molecule has 0 aromatic carbocycles. The zero-order chi connectivity index (χ0) is 9.03. The van der Waals surface area contributed by atoms with Crippen molar-refractivity contribution in [2.75, 3.05) is 18.5 Å². The third-order valence-electron chi connectivity index (χ3n) is 1.51. The van der Waals surface area contributed by atoms with Gasteiger partial charge < -0.3 is 10.4 Å². The summed E-state index contributed by atoms with van der Waals surface area (Å²) in [4.78, 5) is 3.97. The lowest BCUT2D eigenvalue weighted by Crippen LogP contribution is -2.26. The van der Waals surface area contributed by atoms with Crippen molar-refractivity contribution in [1.82, 2.24) is 9.36 Å². The molecule has 1 aromatic rings. The summed E-state index contributed by atoms with van der Waals surface area (Å²) in [5.74, 6) is 0. The van der Waals surface area contributed by atoms with Crippen LogP contribution in [0.2, 0.25) is 0 Å². The maximum absolute atomic E-state index is 8.95. The summed E-state index contributed by atoms with van der Waals surface area (Å²) >= 11 is 1.32. The Bertz CT molecular complexity index is 223. The average molecular weight is 187 g/mol. The SMILES string of the molecule is CC(C)(CO)CNc1ncns1. The highest BCUT2D eigenvalue weighted by molar-refractivity contribution is 7.09. The van der Waals surface area contributed by atoms with Crippen LogP contribution in [-0.2, 0) is 0 Å². The zero-order valence-corrected chi connectivity index (χ0v) is 8.06. The van der Waals surface area contributed by atoms with E-state index < -0.39 is 0 Å². The van der Waals surface area contributed by atoms with Crippen LogP contribution in [0, 0.1) is 5.41 Å². The molecule has 0 aliphatic rings. The molecule has 0 spiro atoms. The van der Waals surface area contributed by atoms with Gasteiger partial charge in [0.25, 0.3) is 0 Å². The maximum atomic E-state index is 8.95. The van der Waals surface area contributed by atoms with Gasteiger partial charge in [0.15, 0.2) is 0 Å². The summed E-state index contributed by atoms with van der Waals surface area (Å²) in [5, 5.41) is 12.9. The van der Waals surface area contributed by atoms with E-state index in [9.17, 15) is 0 Å². The Morgan fingerprint density at radius 2 is 2.42 bits per heavy atom. The average Bonchev–Trinajstić information content (AvgIpc) is 2.53. The molecule has 12 heavy (non-hydrogen) atoms. The topological polar surface area (TPSA) is 58.0 Å². The van der Waals surface area contributed by atoms with Crippen LogP contribution in [0.15, 0.2) is 6.33 Å². The Kier molecular flexibility index (Phi) is 2.99. The van der Waals surface area contributed by atoms with E-state index in [2.05, 4.69) is 14.7 Å². The van der Waals surface area contributed by atoms with Crippen LogP contribution >= 0.6 is 11.5 Å². The van der Waals surface area contributed by atoms with E-state index in [1.54, 1.807) is 0 Å². The number of anilines is 1. The Hall–Kier alpha value is -0.680. The molecule has 0 radical (unpaired) electrons. The largest absolute Gasteiger partial charge is 0.396 e. The van der Waals surface area contributed by atoms with Gasteiger partial charge in [-0.25, -0.2) is 4.98 Å². The van der Waals surface area contributed by atoms with Crippen molar-refractivity contribution in [3.63, 3.8) is 0 Å². The van der Waals surface area contributed by atoms with Crippen LogP contribution in [0.5, 0.6) is 0 Å². The Balaban J connectivity index is 2.36. The molecule has 0 fully saturated rings. The summed E-state index contributed by atoms with van der Waals surface area (Å²) in [5.41, 5.74) is -0.105. The van der Waals surface area contributed by atoms with Gasteiger partial charge in [-0.05, 0) is 0 Å². The molecule has 0 saturated heterocycles. The number of rotatable bonds is 4. The maximum Gasteiger partial charge on any atom is 0.202 e. The Labute approximate surface area is 75.8 Å². The first-order valence-electron chi connectivity index (χ1n) is 3.75. The molecule has 0 saturated carbocycles. The number of aromatic nitrogens is 2. The lowest BCUT2D eigenvalue weighted by molar-refractivity contribution is 0.171. The second kappa shape index (κ2) is 3.82. The molecular weight excluding hydrogens is 174 g/mol. The molecular formula is C7H13N3OS. The van der Waals surface area contributed by atoms with E-state index in [4.69, 9.17) is 5.11 Å². The molecule has 1 aromatic heterocycles. The fourth-order valence-electron chi connectivity index (χ4n) is 0.622. The number of nitrogens with zero attached hydrogens (tertiary/aromatic N) is 2. The van der Waals surface area contributed by atoms with Crippen molar-refractivity contribution in [2.45, 2.75) is 13.8 Å². The monoisotopic (exact) mass is 187 g/mol. The summed E-state index contributed by atoms with van der Waals surface area (Å²) in [6.45, 7) is 4.85. The lowest BCUT2D eigenvalue weighted by atomic mass is 9.95. The minimum Gasteiger partial charge on any atom is -0.396 e. The minimum atomic E-state index is -0.105. The van der Waals surface area contributed by atoms with E-state index >= 15 is 0 Å². The third kappa shape index (κ3) is 2.75. The zero-order valence-electron chi connectivity index (χ0n) is 7.24. The molecule has 0 atom stereocenters. The highest BCUT2D eigenvalue weighted by atomic mass is 32.1. The number of nitrogens with one attached hydrogen (secondary N) is 1. The van der Waals surface area contributed by atoms with Gasteiger partial charge in [0.2, 0.25) is 5.13 Å². The van der Waals surface area contributed by atoms with Crippen molar-refractivity contribution in [1.29, 1.82) is 0 Å². The first-order chi connectivity index (χ1) is 5.64. The summed E-state index contributed by atoms with van der Waals surface area (Å²) in [6.07, 6.45) is 1.51. The van der Waals surface area contributed by atoms with Crippen molar-refractivity contribution in [3.8, 4) is 0 Å². The fraction of sp³-hybridized carbons (Fsp3) is 0.714. The van der Waals surface area contributed by atoms with Gasteiger partial charge in [-0.3, -0.25) is 0 Å². The van der Waals surface area contributed by atoms with E-state index in [-0.39, 0.29) is 12.0 Å². The highest BCUT2D eigenvalue weighted by Crippen LogP contribution is 2.15. The predicted octanol–water partition coefficient (Wildman–Crippen LogP) is 0.968. The van der Waals surface area contributed by atoms with E-state index in [1.165, 1.54) is 17.9 Å². The molecule has 2 N–H and O–H groups in total.